The molecular weight excluding hydrogens is 399 g/mol. The molecule has 1 aromatic heterocycles. The predicted octanol–water partition coefficient (Wildman–Crippen LogP) is 5.16. The molecule has 0 bridgehead atoms. The van der Waals surface area contributed by atoms with Gasteiger partial charge in [0.25, 0.3) is 0 Å². The Labute approximate surface area is 184 Å². The second-order valence-electron chi connectivity index (χ2n) is 8.16. The minimum Gasteiger partial charge on any atom is -0.308 e. The van der Waals surface area contributed by atoms with Crippen molar-refractivity contribution >= 4 is 12.4 Å². The van der Waals surface area contributed by atoms with E-state index in [4.69, 9.17) is 0 Å². The summed E-state index contributed by atoms with van der Waals surface area (Å²) in [4.78, 5) is 2.56. The Balaban J connectivity index is 0.00000256. The lowest BCUT2D eigenvalue weighted by atomic mass is 9.99. The van der Waals surface area contributed by atoms with Crippen molar-refractivity contribution in [2.45, 2.75) is 39.4 Å². The lowest BCUT2D eigenvalue weighted by molar-refractivity contribution is 0.185. The number of H-pyrrole nitrogens is 1. The second kappa shape index (κ2) is 10.7. The number of benzene rings is 2. The summed E-state index contributed by atoms with van der Waals surface area (Å²) in [5, 5.41) is 10.7. The summed E-state index contributed by atoms with van der Waals surface area (Å²) in [6.07, 6.45) is 4.46. The smallest absolute Gasteiger partial charge is 0.123 e. The quantitative estimate of drug-likeness (QED) is 0.546. The molecule has 30 heavy (non-hydrogen) atoms. The number of rotatable bonds is 7. The number of hydrogen-bond acceptors (Lipinski definition) is 3. The van der Waals surface area contributed by atoms with Crippen LogP contribution in [-0.4, -0.2) is 28.2 Å². The molecule has 1 aliphatic heterocycles. The molecule has 6 heteroatoms. The fraction of sp³-hybridized carbons (Fsp3) is 0.375. The standard InChI is InChI=1S/C24H29FN4.ClH/c1-18-10-12-29(13-11-18)17-20-4-2-19(3-5-20)14-26-15-22-16-27-28-24(22)21-6-8-23(25)9-7-21;/h2-9,16,18,26H,10-15,17H2,1H3,(H,27,28);1H. The summed E-state index contributed by atoms with van der Waals surface area (Å²) in [5.41, 5.74) is 5.61. The molecule has 4 nitrogen and oxygen atoms in total. The van der Waals surface area contributed by atoms with E-state index in [1.807, 2.05) is 6.20 Å². The number of halogens is 2. The highest BCUT2D eigenvalue weighted by atomic mass is 35.5. The third-order valence-corrected chi connectivity index (χ3v) is 5.80. The molecule has 160 valence electrons. The molecule has 1 saturated heterocycles. The topological polar surface area (TPSA) is 44.0 Å². The Kier molecular flexibility index (Phi) is 8.02. The van der Waals surface area contributed by atoms with Gasteiger partial charge in [-0.1, -0.05) is 31.2 Å². The molecule has 2 aromatic carbocycles. The zero-order valence-electron chi connectivity index (χ0n) is 17.4. The average molecular weight is 429 g/mol. The van der Waals surface area contributed by atoms with Crippen LogP contribution in [0.3, 0.4) is 0 Å². The molecule has 0 spiro atoms. The number of aromatic amines is 1. The highest BCUT2D eigenvalue weighted by Gasteiger charge is 2.15. The first-order valence-electron chi connectivity index (χ1n) is 10.5. The van der Waals surface area contributed by atoms with Gasteiger partial charge in [-0.3, -0.25) is 10.00 Å². The molecule has 1 aliphatic rings. The van der Waals surface area contributed by atoms with Crippen molar-refractivity contribution in [3.63, 3.8) is 0 Å². The van der Waals surface area contributed by atoms with E-state index in [0.29, 0.717) is 6.54 Å². The fourth-order valence-corrected chi connectivity index (χ4v) is 3.89. The molecule has 0 radical (unpaired) electrons. The molecule has 0 aliphatic carbocycles. The van der Waals surface area contributed by atoms with E-state index in [0.717, 1.165) is 35.8 Å². The van der Waals surface area contributed by atoms with Crippen LogP contribution in [0.2, 0.25) is 0 Å². The largest absolute Gasteiger partial charge is 0.308 e. The van der Waals surface area contributed by atoms with E-state index < -0.39 is 0 Å². The van der Waals surface area contributed by atoms with Gasteiger partial charge in [0.2, 0.25) is 0 Å². The maximum absolute atomic E-state index is 13.2. The minimum atomic E-state index is -0.230. The van der Waals surface area contributed by atoms with Gasteiger partial charge in [0, 0.05) is 30.8 Å². The monoisotopic (exact) mass is 428 g/mol. The molecule has 1 fully saturated rings. The van der Waals surface area contributed by atoms with E-state index in [1.54, 1.807) is 12.1 Å². The van der Waals surface area contributed by atoms with E-state index in [-0.39, 0.29) is 18.2 Å². The van der Waals surface area contributed by atoms with Gasteiger partial charge in [0.05, 0.1) is 11.9 Å². The normalized spacial score (nSPS) is 15.1. The van der Waals surface area contributed by atoms with Gasteiger partial charge in [-0.15, -0.1) is 12.4 Å². The number of piperidine rings is 1. The van der Waals surface area contributed by atoms with Crippen LogP contribution in [0.25, 0.3) is 11.3 Å². The van der Waals surface area contributed by atoms with Crippen molar-refractivity contribution in [3.8, 4) is 11.3 Å². The fourth-order valence-electron chi connectivity index (χ4n) is 3.89. The van der Waals surface area contributed by atoms with E-state index >= 15 is 0 Å². The molecule has 0 atom stereocenters. The first-order valence-corrected chi connectivity index (χ1v) is 10.5. The Hall–Kier alpha value is -2.21. The van der Waals surface area contributed by atoms with Crippen LogP contribution in [0.5, 0.6) is 0 Å². The maximum Gasteiger partial charge on any atom is 0.123 e. The Morgan fingerprint density at radius 3 is 2.37 bits per heavy atom. The van der Waals surface area contributed by atoms with Crippen LogP contribution in [0.4, 0.5) is 4.39 Å². The van der Waals surface area contributed by atoms with Crippen molar-refractivity contribution in [1.29, 1.82) is 0 Å². The van der Waals surface area contributed by atoms with Crippen molar-refractivity contribution in [2.24, 2.45) is 5.92 Å². The van der Waals surface area contributed by atoms with Gasteiger partial charge in [-0.25, -0.2) is 4.39 Å². The third-order valence-electron chi connectivity index (χ3n) is 5.80. The highest BCUT2D eigenvalue weighted by molar-refractivity contribution is 5.85. The Morgan fingerprint density at radius 1 is 1.00 bits per heavy atom. The average Bonchev–Trinajstić information content (AvgIpc) is 3.20. The third kappa shape index (κ3) is 5.91. The summed E-state index contributed by atoms with van der Waals surface area (Å²) < 4.78 is 13.2. The first-order chi connectivity index (χ1) is 14.2. The number of nitrogens with zero attached hydrogens (tertiary/aromatic N) is 2. The Bertz CT molecular complexity index is 900. The van der Waals surface area contributed by atoms with Crippen LogP contribution in [0.15, 0.2) is 54.7 Å². The summed E-state index contributed by atoms with van der Waals surface area (Å²) in [7, 11) is 0. The molecule has 0 saturated carbocycles. The lowest BCUT2D eigenvalue weighted by Gasteiger charge is -2.30. The van der Waals surface area contributed by atoms with Crippen LogP contribution < -0.4 is 5.32 Å². The number of aromatic nitrogens is 2. The number of likely N-dealkylation sites (tertiary alicyclic amines) is 1. The van der Waals surface area contributed by atoms with Crippen LogP contribution in [-0.2, 0) is 19.6 Å². The van der Waals surface area contributed by atoms with Gasteiger partial charge in [-0.05, 0) is 67.2 Å². The number of hydrogen-bond donors (Lipinski definition) is 2. The molecule has 0 unspecified atom stereocenters. The van der Waals surface area contributed by atoms with Crippen molar-refractivity contribution in [2.75, 3.05) is 13.1 Å². The molecule has 2 heterocycles. The lowest BCUT2D eigenvalue weighted by Crippen LogP contribution is -2.32. The maximum atomic E-state index is 13.2. The van der Waals surface area contributed by atoms with Crippen molar-refractivity contribution in [3.05, 3.63) is 77.2 Å². The SMILES string of the molecule is CC1CCN(Cc2ccc(CNCc3cn[nH]c3-c3ccc(F)cc3)cc2)CC1.Cl. The summed E-state index contributed by atoms with van der Waals surface area (Å²) in [6, 6.07) is 15.4. The van der Waals surface area contributed by atoms with Gasteiger partial charge in [0.15, 0.2) is 0 Å². The summed E-state index contributed by atoms with van der Waals surface area (Å²) >= 11 is 0. The molecule has 2 N–H and O–H groups in total. The van der Waals surface area contributed by atoms with Gasteiger partial charge in [0.1, 0.15) is 5.82 Å². The van der Waals surface area contributed by atoms with E-state index in [2.05, 4.69) is 51.6 Å². The molecular formula is C24H30ClFN4. The number of nitrogens with one attached hydrogen (secondary N) is 2. The van der Waals surface area contributed by atoms with Crippen LogP contribution in [0.1, 0.15) is 36.5 Å². The second-order valence-corrected chi connectivity index (χ2v) is 8.16. The van der Waals surface area contributed by atoms with Crippen LogP contribution in [0, 0.1) is 11.7 Å². The van der Waals surface area contributed by atoms with Crippen molar-refractivity contribution < 1.29 is 4.39 Å². The summed E-state index contributed by atoms with van der Waals surface area (Å²) in [6.45, 7) is 7.34. The van der Waals surface area contributed by atoms with Gasteiger partial charge < -0.3 is 5.32 Å². The first kappa shape index (κ1) is 22.5. The summed E-state index contributed by atoms with van der Waals surface area (Å²) in [5.74, 6) is 0.643. The van der Waals surface area contributed by atoms with Gasteiger partial charge >= 0.3 is 0 Å². The van der Waals surface area contributed by atoms with Gasteiger partial charge in [-0.2, -0.15) is 5.10 Å². The predicted molar refractivity (Wildman–Crippen MR) is 122 cm³/mol. The highest BCUT2D eigenvalue weighted by Crippen LogP contribution is 2.21. The molecule has 3 aromatic rings. The minimum absolute atomic E-state index is 0. The zero-order valence-corrected chi connectivity index (χ0v) is 18.2. The van der Waals surface area contributed by atoms with E-state index in [9.17, 15) is 4.39 Å². The molecule has 4 rings (SSSR count). The van der Waals surface area contributed by atoms with E-state index in [1.165, 1.54) is 49.2 Å². The zero-order chi connectivity index (χ0) is 20.1. The van der Waals surface area contributed by atoms with Crippen molar-refractivity contribution in [1.82, 2.24) is 20.4 Å². The molecule has 0 amide bonds. The van der Waals surface area contributed by atoms with Crippen LogP contribution >= 0.6 is 12.4 Å². The Morgan fingerprint density at radius 2 is 1.67 bits per heavy atom.